The van der Waals surface area contributed by atoms with Gasteiger partial charge in [0.1, 0.15) is 4.83 Å². The fraction of sp³-hybridized carbons (Fsp3) is 0.462. The molecule has 0 unspecified atom stereocenters. The number of nitrogen functional groups attached to an aromatic ring is 1. The van der Waals surface area contributed by atoms with Crippen LogP contribution in [0.3, 0.4) is 0 Å². The normalized spacial score (nSPS) is 11.1. The van der Waals surface area contributed by atoms with E-state index < -0.39 is 0 Å². The summed E-state index contributed by atoms with van der Waals surface area (Å²) in [6.07, 6.45) is 4.86. The zero-order valence-electron chi connectivity index (χ0n) is 9.92. The van der Waals surface area contributed by atoms with Crippen LogP contribution in [0.25, 0.3) is 10.2 Å². The van der Waals surface area contributed by atoms with Gasteiger partial charge in [0, 0.05) is 16.5 Å². The van der Waals surface area contributed by atoms with Crippen molar-refractivity contribution >= 4 is 27.2 Å². The third kappa shape index (κ3) is 2.19. The molecule has 0 fully saturated rings. The van der Waals surface area contributed by atoms with E-state index in [0.717, 1.165) is 22.3 Å². The van der Waals surface area contributed by atoms with E-state index >= 15 is 0 Å². The molecule has 3 heteroatoms. The molecule has 2 heterocycles. The fourth-order valence-electron chi connectivity index (χ4n) is 2.01. The summed E-state index contributed by atoms with van der Waals surface area (Å²) in [4.78, 5) is 5.75. The van der Waals surface area contributed by atoms with E-state index in [0.29, 0.717) is 0 Å². The van der Waals surface area contributed by atoms with E-state index in [2.05, 4.69) is 24.9 Å². The first-order chi connectivity index (χ1) is 7.72. The summed E-state index contributed by atoms with van der Waals surface area (Å²) in [7, 11) is 0. The second-order valence-corrected chi connectivity index (χ2v) is 5.12. The van der Waals surface area contributed by atoms with Crippen molar-refractivity contribution in [3.63, 3.8) is 0 Å². The van der Waals surface area contributed by atoms with Gasteiger partial charge in [-0.2, -0.15) is 0 Å². The van der Waals surface area contributed by atoms with Crippen LogP contribution in [0.5, 0.6) is 0 Å². The van der Waals surface area contributed by atoms with Crippen LogP contribution >= 0.6 is 11.3 Å². The summed E-state index contributed by atoms with van der Waals surface area (Å²) in [5, 5.41) is 3.13. The molecule has 86 valence electrons. The number of hydrogen-bond acceptors (Lipinski definition) is 3. The number of fused-ring (bicyclic) bond motifs is 1. The van der Waals surface area contributed by atoms with Crippen molar-refractivity contribution in [2.75, 3.05) is 5.73 Å². The third-order valence-electron chi connectivity index (χ3n) is 2.86. The quantitative estimate of drug-likeness (QED) is 0.814. The molecule has 0 saturated heterocycles. The molecule has 0 aliphatic heterocycles. The van der Waals surface area contributed by atoms with Crippen molar-refractivity contribution in [3.05, 3.63) is 22.7 Å². The molecule has 0 atom stereocenters. The predicted molar refractivity (Wildman–Crippen MR) is 72.0 cm³/mol. The molecule has 2 aromatic rings. The highest BCUT2D eigenvalue weighted by atomic mass is 32.1. The summed E-state index contributed by atoms with van der Waals surface area (Å²) in [6.45, 7) is 4.35. The van der Waals surface area contributed by atoms with Gasteiger partial charge in [-0.15, -0.1) is 11.3 Å². The first kappa shape index (κ1) is 11.4. The maximum atomic E-state index is 5.92. The summed E-state index contributed by atoms with van der Waals surface area (Å²) in [5.74, 6) is 0. The van der Waals surface area contributed by atoms with Crippen molar-refractivity contribution in [3.8, 4) is 0 Å². The highest BCUT2D eigenvalue weighted by molar-refractivity contribution is 7.17. The van der Waals surface area contributed by atoms with Gasteiger partial charge in [0.2, 0.25) is 0 Å². The number of hydrogen-bond donors (Lipinski definition) is 1. The van der Waals surface area contributed by atoms with Crippen molar-refractivity contribution < 1.29 is 0 Å². The van der Waals surface area contributed by atoms with Gasteiger partial charge in [0.05, 0.1) is 5.69 Å². The van der Waals surface area contributed by atoms with E-state index in [1.165, 1.54) is 30.5 Å². The molecular weight excluding hydrogens is 216 g/mol. The third-order valence-corrected chi connectivity index (χ3v) is 3.75. The highest BCUT2D eigenvalue weighted by Crippen LogP contribution is 2.29. The van der Waals surface area contributed by atoms with Crippen LogP contribution in [0.15, 0.2) is 11.4 Å². The van der Waals surface area contributed by atoms with E-state index in [4.69, 9.17) is 5.73 Å². The van der Waals surface area contributed by atoms with Gasteiger partial charge in [0.15, 0.2) is 0 Å². The Morgan fingerprint density at radius 3 is 2.94 bits per heavy atom. The second kappa shape index (κ2) is 4.83. The van der Waals surface area contributed by atoms with E-state index in [-0.39, 0.29) is 0 Å². The minimum atomic E-state index is 0.866. The second-order valence-electron chi connectivity index (χ2n) is 4.26. The summed E-state index contributed by atoms with van der Waals surface area (Å²) in [6, 6.07) is 2.18. The molecule has 0 aliphatic carbocycles. The molecule has 2 rings (SSSR count). The number of aryl methyl sites for hydroxylation is 2. The lowest BCUT2D eigenvalue weighted by atomic mass is 10.1. The van der Waals surface area contributed by atoms with Crippen molar-refractivity contribution in [1.29, 1.82) is 0 Å². The molecule has 2 aromatic heterocycles. The Kier molecular flexibility index (Phi) is 3.44. The maximum absolute atomic E-state index is 5.92. The summed E-state index contributed by atoms with van der Waals surface area (Å²) < 4.78 is 0. The SMILES string of the molecule is CCCCCc1cc(C)c2c(N)csc2n1. The van der Waals surface area contributed by atoms with Gasteiger partial charge in [-0.1, -0.05) is 19.8 Å². The van der Waals surface area contributed by atoms with Gasteiger partial charge in [-0.3, -0.25) is 0 Å². The number of pyridine rings is 1. The summed E-state index contributed by atoms with van der Waals surface area (Å²) >= 11 is 1.65. The fourth-order valence-corrected chi connectivity index (χ4v) is 2.93. The largest absolute Gasteiger partial charge is 0.397 e. The molecule has 0 aromatic carbocycles. The zero-order chi connectivity index (χ0) is 11.5. The van der Waals surface area contributed by atoms with Crippen molar-refractivity contribution in [2.45, 2.75) is 39.5 Å². The number of thiophene rings is 1. The Balaban J connectivity index is 2.28. The topological polar surface area (TPSA) is 38.9 Å². The van der Waals surface area contributed by atoms with Crippen LogP contribution in [-0.4, -0.2) is 4.98 Å². The maximum Gasteiger partial charge on any atom is 0.125 e. The summed E-state index contributed by atoms with van der Waals surface area (Å²) in [5.41, 5.74) is 9.25. The number of aromatic nitrogens is 1. The van der Waals surface area contributed by atoms with Crippen LogP contribution in [0, 0.1) is 6.92 Å². The lowest BCUT2D eigenvalue weighted by Gasteiger charge is -2.03. The average Bonchev–Trinajstić information content (AvgIpc) is 2.61. The van der Waals surface area contributed by atoms with Crippen LogP contribution in [0.2, 0.25) is 0 Å². The molecule has 0 aliphatic rings. The molecule has 16 heavy (non-hydrogen) atoms. The smallest absolute Gasteiger partial charge is 0.125 e. The Hall–Kier alpha value is -1.09. The number of rotatable bonds is 4. The van der Waals surface area contributed by atoms with Crippen molar-refractivity contribution in [2.24, 2.45) is 0 Å². The van der Waals surface area contributed by atoms with Gasteiger partial charge < -0.3 is 5.73 Å². The monoisotopic (exact) mass is 234 g/mol. The van der Waals surface area contributed by atoms with Crippen LogP contribution in [0.1, 0.15) is 37.4 Å². The Labute approximate surface area is 101 Å². The number of nitrogens with two attached hydrogens (primary N) is 1. The van der Waals surface area contributed by atoms with Gasteiger partial charge in [-0.25, -0.2) is 4.98 Å². The minimum absolute atomic E-state index is 0.866. The number of anilines is 1. The van der Waals surface area contributed by atoms with E-state index in [9.17, 15) is 0 Å². The zero-order valence-corrected chi connectivity index (χ0v) is 10.7. The molecular formula is C13H18N2S. The molecule has 0 saturated carbocycles. The Bertz CT molecular complexity index is 488. The predicted octanol–water partition coefficient (Wildman–Crippen LogP) is 3.92. The molecule has 0 amide bonds. The van der Waals surface area contributed by atoms with Gasteiger partial charge in [0.25, 0.3) is 0 Å². The van der Waals surface area contributed by atoms with Gasteiger partial charge >= 0.3 is 0 Å². The van der Waals surface area contributed by atoms with E-state index in [1.54, 1.807) is 11.3 Å². The first-order valence-corrected chi connectivity index (χ1v) is 6.73. The van der Waals surface area contributed by atoms with Crippen LogP contribution < -0.4 is 5.73 Å². The molecule has 0 bridgehead atoms. The van der Waals surface area contributed by atoms with Crippen LogP contribution in [0.4, 0.5) is 5.69 Å². The lowest BCUT2D eigenvalue weighted by Crippen LogP contribution is -1.93. The highest BCUT2D eigenvalue weighted by Gasteiger charge is 2.07. The van der Waals surface area contributed by atoms with Crippen LogP contribution in [-0.2, 0) is 6.42 Å². The molecule has 0 spiro atoms. The lowest BCUT2D eigenvalue weighted by molar-refractivity contribution is 0.709. The van der Waals surface area contributed by atoms with Gasteiger partial charge in [-0.05, 0) is 31.4 Å². The average molecular weight is 234 g/mol. The molecule has 2 N–H and O–H groups in total. The number of nitrogens with zero attached hydrogens (tertiary/aromatic N) is 1. The van der Waals surface area contributed by atoms with E-state index in [1.807, 2.05) is 5.38 Å². The minimum Gasteiger partial charge on any atom is -0.397 e. The molecule has 0 radical (unpaired) electrons. The first-order valence-electron chi connectivity index (χ1n) is 5.85. The number of unbranched alkanes of at least 4 members (excludes halogenated alkanes) is 2. The molecule has 2 nitrogen and oxygen atoms in total. The van der Waals surface area contributed by atoms with Crippen molar-refractivity contribution in [1.82, 2.24) is 4.98 Å². The standard InChI is InChI=1S/C13H18N2S/c1-3-4-5-6-10-7-9(2)12-11(14)8-16-13(12)15-10/h7-8H,3-6,14H2,1-2H3. The Morgan fingerprint density at radius 2 is 2.19 bits per heavy atom. The Morgan fingerprint density at radius 1 is 1.38 bits per heavy atom.